The van der Waals surface area contributed by atoms with Gasteiger partial charge in [-0.1, -0.05) is 0 Å². The van der Waals surface area contributed by atoms with Crippen molar-refractivity contribution < 1.29 is 24.1 Å². The molecule has 0 fully saturated rings. The maximum atomic E-state index is 11.4. The topological polar surface area (TPSA) is 65.0 Å². The Hall–Kier alpha value is -0.910. The van der Waals surface area contributed by atoms with E-state index >= 15 is 0 Å². The van der Waals surface area contributed by atoms with Crippen LogP contribution in [0.15, 0.2) is 11.6 Å². The van der Waals surface area contributed by atoms with Gasteiger partial charge in [0.15, 0.2) is 0 Å². The summed E-state index contributed by atoms with van der Waals surface area (Å²) in [5.41, 5.74) is -2.17. The molecule has 18 heavy (non-hydrogen) atoms. The fourth-order valence-electron chi connectivity index (χ4n) is 2.51. The Labute approximate surface area is 108 Å². The van der Waals surface area contributed by atoms with Crippen LogP contribution in [0, 0.1) is 0 Å². The minimum atomic E-state index is -0.999. The number of rotatable bonds is 4. The number of hydrogen-bond acceptors (Lipinski definition) is 4. The lowest BCUT2D eigenvalue weighted by Crippen LogP contribution is -2.60. The fraction of sp³-hybridized carbons (Fsp3) is 0.769. The number of ether oxygens (including phenoxy) is 3. The maximum absolute atomic E-state index is 11.4. The minimum absolute atomic E-state index is 0.198. The van der Waals surface area contributed by atoms with Crippen molar-refractivity contribution in [1.82, 2.24) is 0 Å². The van der Waals surface area contributed by atoms with Gasteiger partial charge in [-0.2, -0.15) is 0 Å². The number of carboxylic acids is 1. The molecule has 104 valence electrons. The first-order valence-electron chi connectivity index (χ1n) is 5.80. The van der Waals surface area contributed by atoms with Gasteiger partial charge >= 0.3 is 5.97 Å². The second-order valence-corrected chi connectivity index (χ2v) is 5.22. The first-order chi connectivity index (χ1) is 8.18. The molecule has 1 aliphatic carbocycles. The van der Waals surface area contributed by atoms with Crippen LogP contribution in [0.1, 0.15) is 27.2 Å². The van der Waals surface area contributed by atoms with E-state index in [9.17, 15) is 9.90 Å². The molecule has 0 radical (unpaired) electrons. The summed E-state index contributed by atoms with van der Waals surface area (Å²) in [5, 5.41) is 9.33. The van der Waals surface area contributed by atoms with Crippen molar-refractivity contribution in [2.45, 2.75) is 44.0 Å². The van der Waals surface area contributed by atoms with E-state index in [-0.39, 0.29) is 5.57 Å². The highest BCUT2D eigenvalue weighted by molar-refractivity contribution is 5.89. The lowest BCUT2D eigenvalue weighted by atomic mass is 9.68. The molecule has 0 bridgehead atoms. The molecule has 0 spiro atoms. The molecule has 5 heteroatoms. The molecule has 1 N–H and O–H groups in total. The lowest BCUT2D eigenvalue weighted by Gasteiger charge is -2.51. The summed E-state index contributed by atoms with van der Waals surface area (Å²) in [4.78, 5) is 11.4. The van der Waals surface area contributed by atoms with Crippen molar-refractivity contribution in [2.24, 2.45) is 0 Å². The molecule has 1 rings (SSSR count). The Morgan fingerprint density at radius 3 is 2.06 bits per heavy atom. The molecule has 0 aromatic carbocycles. The van der Waals surface area contributed by atoms with E-state index in [1.165, 1.54) is 7.11 Å². The van der Waals surface area contributed by atoms with Crippen molar-refractivity contribution in [3.63, 3.8) is 0 Å². The first-order valence-corrected chi connectivity index (χ1v) is 5.80. The van der Waals surface area contributed by atoms with E-state index in [2.05, 4.69) is 0 Å². The molecule has 0 amide bonds. The molecule has 0 aliphatic heterocycles. The van der Waals surface area contributed by atoms with Crippen LogP contribution in [0.4, 0.5) is 0 Å². The smallest absolute Gasteiger partial charge is 0.334 e. The molecular weight excluding hydrogens is 236 g/mol. The van der Waals surface area contributed by atoms with E-state index in [1.807, 2.05) is 13.8 Å². The molecule has 0 saturated carbocycles. The predicted molar refractivity (Wildman–Crippen MR) is 66.6 cm³/mol. The maximum Gasteiger partial charge on any atom is 0.334 e. The third-order valence-electron chi connectivity index (χ3n) is 4.27. The number of hydrogen-bond donors (Lipinski definition) is 1. The van der Waals surface area contributed by atoms with Crippen molar-refractivity contribution in [3.05, 3.63) is 11.6 Å². The van der Waals surface area contributed by atoms with E-state index in [0.29, 0.717) is 6.42 Å². The van der Waals surface area contributed by atoms with Crippen LogP contribution in [0.2, 0.25) is 0 Å². The van der Waals surface area contributed by atoms with E-state index < -0.39 is 22.8 Å². The average Bonchev–Trinajstić information content (AvgIpc) is 2.33. The van der Waals surface area contributed by atoms with Crippen molar-refractivity contribution in [2.75, 3.05) is 21.3 Å². The zero-order chi connectivity index (χ0) is 14.2. The van der Waals surface area contributed by atoms with Crippen LogP contribution in [0.25, 0.3) is 0 Å². The number of methoxy groups -OCH3 is 3. The average molecular weight is 258 g/mol. The summed E-state index contributed by atoms with van der Waals surface area (Å²) in [7, 11) is 4.64. The third kappa shape index (κ3) is 2.06. The zero-order valence-corrected chi connectivity index (χ0v) is 11.9. The Morgan fingerprint density at radius 1 is 1.17 bits per heavy atom. The third-order valence-corrected chi connectivity index (χ3v) is 4.27. The van der Waals surface area contributed by atoms with Gasteiger partial charge in [0, 0.05) is 27.8 Å². The van der Waals surface area contributed by atoms with E-state index in [0.717, 1.165) is 0 Å². The summed E-state index contributed by atoms with van der Waals surface area (Å²) >= 11 is 0. The monoisotopic (exact) mass is 258 g/mol. The molecule has 0 aromatic heterocycles. The Bertz CT molecular complexity index is 378. The number of carbonyl (C=O) groups is 1. The Kier molecular flexibility index (Phi) is 3.91. The highest BCUT2D eigenvalue weighted by Crippen LogP contribution is 2.46. The van der Waals surface area contributed by atoms with Gasteiger partial charge in [0.25, 0.3) is 0 Å². The highest BCUT2D eigenvalue weighted by Gasteiger charge is 2.55. The molecule has 5 nitrogen and oxygen atoms in total. The normalized spacial score (nSPS) is 40.4. The summed E-state index contributed by atoms with van der Waals surface area (Å²) in [6, 6.07) is 0. The van der Waals surface area contributed by atoms with Gasteiger partial charge in [-0.15, -0.1) is 0 Å². The molecule has 0 saturated heterocycles. The predicted octanol–water partition coefficient (Wildman–Crippen LogP) is 1.62. The molecule has 3 atom stereocenters. The summed E-state index contributed by atoms with van der Waals surface area (Å²) < 4.78 is 16.5. The van der Waals surface area contributed by atoms with Gasteiger partial charge in [0.05, 0.1) is 11.2 Å². The Balaban J connectivity index is 3.42. The molecule has 0 aromatic rings. The van der Waals surface area contributed by atoms with Crippen molar-refractivity contribution >= 4 is 5.97 Å². The summed E-state index contributed by atoms with van der Waals surface area (Å²) in [6.45, 7) is 5.46. The van der Waals surface area contributed by atoms with E-state index in [4.69, 9.17) is 14.2 Å². The standard InChI is InChI=1S/C13H22O5/c1-11(16-4)8-13(3,18-6)12(2,17-5)7-9(11)10(14)15/h7H,8H2,1-6H3,(H,14,15). The van der Waals surface area contributed by atoms with Crippen LogP contribution >= 0.6 is 0 Å². The summed E-state index contributed by atoms with van der Waals surface area (Å²) in [6.07, 6.45) is 1.99. The minimum Gasteiger partial charge on any atom is -0.478 e. The fourth-order valence-corrected chi connectivity index (χ4v) is 2.51. The van der Waals surface area contributed by atoms with Crippen LogP contribution in [-0.4, -0.2) is 49.2 Å². The summed E-state index contributed by atoms with van der Waals surface area (Å²) in [5.74, 6) is -0.999. The lowest BCUT2D eigenvalue weighted by molar-refractivity contribution is -0.182. The number of aliphatic carboxylic acids is 1. The van der Waals surface area contributed by atoms with E-state index in [1.54, 1.807) is 27.2 Å². The molecule has 0 heterocycles. The number of carboxylic acid groups (broad SMARTS) is 1. The molecular formula is C13H22O5. The first kappa shape index (κ1) is 15.1. The van der Waals surface area contributed by atoms with Gasteiger partial charge in [-0.05, 0) is 26.8 Å². The highest BCUT2D eigenvalue weighted by atomic mass is 16.6. The van der Waals surface area contributed by atoms with Crippen LogP contribution in [0.3, 0.4) is 0 Å². The van der Waals surface area contributed by atoms with Gasteiger partial charge < -0.3 is 19.3 Å². The van der Waals surface area contributed by atoms with Gasteiger partial charge in [-0.25, -0.2) is 4.79 Å². The largest absolute Gasteiger partial charge is 0.478 e. The Morgan fingerprint density at radius 2 is 1.72 bits per heavy atom. The molecule has 3 unspecified atom stereocenters. The zero-order valence-electron chi connectivity index (χ0n) is 11.9. The van der Waals surface area contributed by atoms with Crippen LogP contribution in [0.5, 0.6) is 0 Å². The second kappa shape index (κ2) is 4.64. The molecule has 1 aliphatic rings. The second-order valence-electron chi connectivity index (χ2n) is 5.22. The SMILES string of the molecule is COC1(C)CC(C)(OC)C(C)(OC)C=C1C(=O)O. The van der Waals surface area contributed by atoms with Crippen LogP contribution < -0.4 is 0 Å². The van der Waals surface area contributed by atoms with Gasteiger partial charge in [0.2, 0.25) is 0 Å². The quantitative estimate of drug-likeness (QED) is 0.830. The van der Waals surface area contributed by atoms with Crippen molar-refractivity contribution in [1.29, 1.82) is 0 Å². The van der Waals surface area contributed by atoms with Gasteiger partial charge in [-0.3, -0.25) is 0 Å². The van der Waals surface area contributed by atoms with Gasteiger partial charge in [0.1, 0.15) is 11.2 Å². The van der Waals surface area contributed by atoms with Crippen molar-refractivity contribution in [3.8, 4) is 0 Å². The van der Waals surface area contributed by atoms with Crippen LogP contribution in [-0.2, 0) is 19.0 Å².